The number of aliphatic carboxylic acids is 1. The lowest BCUT2D eigenvalue weighted by Crippen LogP contribution is -2.34. The van der Waals surface area contributed by atoms with Crippen LogP contribution in [0.15, 0.2) is 22.7 Å². The number of amides is 2. The van der Waals surface area contributed by atoms with Crippen LogP contribution in [-0.2, 0) is 4.79 Å². The number of rotatable bonds is 4. The summed E-state index contributed by atoms with van der Waals surface area (Å²) in [6.07, 6.45) is 0. The highest BCUT2D eigenvalue weighted by Gasteiger charge is 2.12. The zero-order chi connectivity index (χ0) is 13.7. The van der Waals surface area contributed by atoms with E-state index in [4.69, 9.17) is 5.11 Å². The van der Waals surface area contributed by atoms with E-state index in [0.717, 1.165) is 10.0 Å². The molecule has 0 fully saturated rings. The van der Waals surface area contributed by atoms with Gasteiger partial charge < -0.3 is 15.7 Å². The van der Waals surface area contributed by atoms with Crippen molar-refractivity contribution in [3.05, 3.63) is 28.2 Å². The van der Waals surface area contributed by atoms with Gasteiger partial charge in [0, 0.05) is 16.7 Å². The van der Waals surface area contributed by atoms with E-state index >= 15 is 0 Å². The van der Waals surface area contributed by atoms with Crippen molar-refractivity contribution in [3.8, 4) is 0 Å². The molecule has 0 heterocycles. The Morgan fingerprint density at radius 3 is 2.72 bits per heavy atom. The minimum Gasteiger partial charge on any atom is -0.481 e. The lowest BCUT2D eigenvalue weighted by atomic mass is 10.2. The molecular formula is C12H15BrN2O3. The van der Waals surface area contributed by atoms with Gasteiger partial charge in [-0.25, -0.2) is 4.79 Å². The normalized spacial score (nSPS) is 11.7. The molecule has 3 N–H and O–H groups in total. The number of nitrogens with one attached hydrogen (secondary N) is 2. The third kappa shape index (κ3) is 4.03. The summed E-state index contributed by atoms with van der Waals surface area (Å²) in [4.78, 5) is 22.2. The van der Waals surface area contributed by atoms with E-state index in [1.165, 1.54) is 6.92 Å². The number of carboxylic acid groups (broad SMARTS) is 1. The maximum absolute atomic E-state index is 11.6. The van der Waals surface area contributed by atoms with Crippen molar-refractivity contribution >= 4 is 33.6 Å². The monoisotopic (exact) mass is 314 g/mol. The van der Waals surface area contributed by atoms with Gasteiger partial charge in [-0.15, -0.1) is 0 Å². The highest BCUT2D eigenvalue weighted by atomic mass is 79.9. The Morgan fingerprint density at radius 2 is 2.11 bits per heavy atom. The molecule has 0 aliphatic rings. The molecule has 0 aliphatic heterocycles. The highest BCUT2D eigenvalue weighted by molar-refractivity contribution is 9.10. The molecule has 0 radical (unpaired) electrons. The first-order valence-electron chi connectivity index (χ1n) is 5.44. The van der Waals surface area contributed by atoms with Gasteiger partial charge in [-0.1, -0.05) is 28.9 Å². The Bertz CT molecular complexity index is 463. The van der Waals surface area contributed by atoms with Gasteiger partial charge in [-0.2, -0.15) is 0 Å². The van der Waals surface area contributed by atoms with Crippen LogP contribution in [0.3, 0.4) is 0 Å². The molecule has 0 saturated carbocycles. The Labute approximate surface area is 114 Å². The second-order valence-corrected chi connectivity index (χ2v) is 4.84. The van der Waals surface area contributed by atoms with E-state index in [1.54, 1.807) is 6.07 Å². The Hall–Kier alpha value is -1.56. The SMILES string of the molecule is Cc1c(Br)cccc1NC(=O)NCC(C)C(=O)O. The third-order valence-corrected chi connectivity index (χ3v) is 3.37. The van der Waals surface area contributed by atoms with E-state index in [-0.39, 0.29) is 6.54 Å². The fourth-order valence-electron chi connectivity index (χ4n) is 1.24. The summed E-state index contributed by atoms with van der Waals surface area (Å²) in [7, 11) is 0. The number of carboxylic acids is 1. The van der Waals surface area contributed by atoms with Crippen LogP contribution >= 0.6 is 15.9 Å². The second kappa shape index (κ2) is 6.39. The second-order valence-electron chi connectivity index (χ2n) is 3.99. The van der Waals surface area contributed by atoms with Crippen LogP contribution in [0.4, 0.5) is 10.5 Å². The molecule has 18 heavy (non-hydrogen) atoms. The zero-order valence-electron chi connectivity index (χ0n) is 10.2. The topological polar surface area (TPSA) is 78.4 Å². The van der Waals surface area contributed by atoms with Crippen LogP contribution in [0, 0.1) is 12.8 Å². The summed E-state index contributed by atoms with van der Waals surface area (Å²) in [5, 5.41) is 13.9. The molecule has 0 spiro atoms. The maximum atomic E-state index is 11.6. The molecule has 2 amide bonds. The van der Waals surface area contributed by atoms with E-state index in [9.17, 15) is 9.59 Å². The minimum absolute atomic E-state index is 0.0915. The molecule has 6 heteroatoms. The van der Waals surface area contributed by atoms with E-state index in [1.807, 2.05) is 19.1 Å². The van der Waals surface area contributed by atoms with Gasteiger partial charge in [0.15, 0.2) is 0 Å². The summed E-state index contributed by atoms with van der Waals surface area (Å²) >= 11 is 3.37. The number of carbonyl (C=O) groups excluding carboxylic acids is 1. The van der Waals surface area contributed by atoms with E-state index in [0.29, 0.717) is 5.69 Å². The fraction of sp³-hybridized carbons (Fsp3) is 0.333. The molecule has 5 nitrogen and oxygen atoms in total. The van der Waals surface area contributed by atoms with Crippen molar-refractivity contribution < 1.29 is 14.7 Å². The van der Waals surface area contributed by atoms with Gasteiger partial charge in [-0.05, 0) is 24.6 Å². The first-order chi connectivity index (χ1) is 8.41. The lowest BCUT2D eigenvalue weighted by Gasteiger charge is -2.12. The molecule has 0 aliphatic carbocycles. The minimum atomic E-state index is -0.936. The van der Waals surface area contributed by atoms with Crippen LogP contribution < -0.4 is 10.6 Å². The maximum Gasteiger partial charge on any atom is 0.319 e. The Morgan fingerprint density at radius 1 is 1.44 bits per heavy atom. The van der Waals surface area contributed by atoms with Crippen LogP contribution in [0.25, 0.3) is 0 Å². The number of hydrogen-bond donors (Lipinski definition) is 3. The number of hydrogen-bond acceptors (Lipinski definition) is 2. The van der Waals surface area contributed by atoms with Crippen molar-refractivity contribution in [1.82, 2.24) is 5.32 Å². The van der Waals surface area contributed by atoms with Gasteiger partial charge in [0.1, 0.15) is 0 Å². The predicted octanol–water partition coefficient (Wildman–Crippen LogP) is 2.60. The summed E-state index contributed by atoms with van der Waals surface area (Å²) in [5.74, 6) is -1.55. The van der Waals surface area contributed by atoms with Gasteiger partial charge in [0.2, 0.25) is 0 Å². The van der Waals surface area contributed by atoms with Crippen molar-refractivity contribution in [2.24, 2.45) is 5.92 Å². The molecular weight excluding hydrogens is 300 g/mol. The molecule has 0 saturated heterocycles. The van der Waals surface area contributed by atoms with Gasteiger partial charge >= 0.3 is 12.0 Å². The van der Waals surface area contributed by atoms with E-state index in [2.05, 4.69) is 26.6 Å². The summed E-state index contributed by atoms with van der Waals surface area (Å²) < 4.78 is 0.902. The molecule has 0 aromatic heterocycles. The van der Waals surface area contributed by atoms with Crippen molar-refractivity contribution in [2.75, 3.05) is 11.9 Å². The molecule has 0 bridgehead atoms. The van der Waals surface area contributed by atoms with Crippen LogP contribution in [0.5, 0.6) is 0 Å². The molecule has 1 rings (SSSR count). The molecule has 98 valence electrons. The molecule has 1 aromatic rings. The summed E-state index contributed by atoms with van der Waals surface area (Å²) in [5.41, 5.74) is 1.60. The number of anilines is 1. The van der Waals surface area contributed by atoms with Gasteiger partial charge in [0.25, 0.3) is 0 Å². The fourth-order valence-corrected chi connectivity index (χ4v) is 1.61. The van der Waals surface area contributed by atoms with E-state index < -0.39 is 17.9 Å². The van der Waals surface area contributed by atoms with Crippen LogP contribution in [0.2, 0.25) is 0 Å². The van der Waals surface area contributed by atoms with Crippen molar-refractivity contribution in [2.45, 2.75) is 13.8 Å². The average Bonchev–Trinajstić information content (AvgIpc) is 2.32. The molecule has 1 atom stereocenters. The van der Waals surface area contributed by atoms with Crippen molar-refractivity contribution in [3.63, 3.8) is 0 Å². The predicted molar refractivity (Wildman–Crippen MR) is 72.7 cm³/mol. The Kier molecular flexibility index (Phi) is 5.15. The Balaban J connectivity index is 2.55. The van der Waals surface area contributed by atoms with Crippen LogP contribution in [0.1, 0.15) is 12.5 Å². The third-order valence-electron chi connectivity index (χ3n) is 2.51. The zero-order valence-corrected chi connectivity index (χ0v) is 11.7. The average molecular weight is 315 g/mol. The standard InChI is InChI=1S/C12H15BrN2O3/c1-7(11(16)17)6-14-12(18)15-10-5-3-4-9(13)8(10)2/h3-5,7H,6H2,1-2H3,(H,16,17)(H2,14,15,18). The lowest BCUT2D eigenvalue weighted by molar-refractivity contribution is -0.140. The number of urea groups is 1. The first kappa shape index (κ1) is 14.5. The van der Waals surface area contributed by atoms with Crippen LogP contribution in [-0.4, -0.2) is 23.7 Å². The quantitative estimate of drug-likeness (QED) is 0.799. The first-order valence-corrected chi connectivity index (χ1v) is 6.24. The number of halogens is 1. The van der Waals surface area contributed by atoms with Gasteiger partial charge in [0.05, 0.1) is 5.92 Å². The summed E-state index contributed by atoms with van der Waals surface area (Å²) in [6.45, 7) is 3.50. The number of benzene rings is 1. The number of carbonyl (C=O) groups is 2. The highest BCUT2D eigenvalue weighted by Crippen LogP contribution is 2.23. The molecule has 1 aromatic carbocycles. The summed E-state index contributed by atoms with van der Waals surface area (Å²) in [6, 6.07) is 5.06. The van der Waals surface area contributed by atoms with Gasteiger partial charge in [-0.3, -0.25) is 4.79 Å². The largest absolute Gasteiger partial charge is 0.481 e. The smallest absolute Gasteiger partial charge is 0.319 e. The molecule has 1 unspecified atom stereocenters. The van der Waals surface area contributed by atoms with Crippen molar-refractivity contribution in [1.29, 1.82) is 0 Å².